The van der Waals surface area contributed by atoms with E-state index < -0.39 is 22.2 Å². The average molecular weight is 389 g/mol. The monoisotopic (exact) mass is 389 g/mol. The van der Waals surface area contributed by atoms with Gasteiger partial charge in [0.1, 0.15) is 5.82 Å². The van der Waals surface area contributed by atoms with Gasteiger partial charge in [-0.2, -0.15) is 4.39 Å². The minimum Gasteiger partial charge on any atom is -0.339 e. The van der Waals surface area contributed by atoms with Crippen LogP contribution in [0.2, 0.25) is 0 Å². The molecule has 9 heteroatoms. The van der Waals surface area contributed by atoms with E-state index in [9.17, 15) is 28.5 Å². The minimum absolute atomic E-state index is 0.136. The maximum Gasteiger partial charge on any atom is 0.306 e. The lowest BCUT2D eigenvalue weighted by Crippen LogP contribution is -2.41. The standard InChI is InChI=1S/C19H17F2N3O4/c20-14-3-1-2-13(10-14)19(26)23-8-6-12(7-9-23)18(25)22-15-4-5-16(21)17(11-15)24(27)28/h1-5,10-12H,6-9H2,(H,22,25). The second-order valence-corrected chi connectivity index (χ2v) is 6.49. The number of anilines is 1. The Morgan fingerprint density at radius 2 is 1.82 bits per heavy atom. The molecule has 146 valence electrons. The molecule has 1 heterocycles. The topological polar surface area (TPSA) is 92.5 Å². The number of carbonyl (C=O) groups is 2. The second kappa shape index (κ2) is 8.12. The Kier molecular flexibility index (Phi) is 5.62. The van der Waals surface area contributed by atoms with Gasteiger partial charge in [0.25, 0.3) is 5.91 Å². The Bertz CT molecular complexity index is 927. The van der Waals surface area contributed by atoms with Crippen molar-refractivity contribution in [2.75, 3.05) is 18.4 Å². The van der Waals surface area contributed by atoms with Crippen LogP contribution in [0.25, 0.3) is 0 Å². The highest BCUT2D eigenvalue weighted by molar-refractivity contribution is 5.95. The van der Waals surface area contributed by atoms with Crippen molar-refractivity contribution in [3.05, 3.63) is 69.8 Å². The van der Waals surface area contributed by atoms with Gasteiger partial charge in [-0.25, -0.2) is 4.39 Å². The minimum atomic E-state index is -0.979. The van der Waals surface area contributed by atoms with E-state index in [0.29, 0.717) is 25.9 Å². The van der Waals surface area contributed by atoms with Crippen molar-refractivity contribution in [1.29, 1.82) is 0 Å². The maximum absolute atomic E-state index is 13.4. The van der Waals surface area contributed by atoms with Gasteiger partial charge >= 0.3 is 5.69 Å². The van der Waals surface area contributed by atoms with E-state index >= 15 is 0 Å². The van der Waals surface area contributed by atoms with Crippen LogP contribution in [0, 0.1) is 27.7 Å². The summed E-state index contributed by atoms with van der Waals surface area (Å²) in [6.07, 6.45) is 0.798. The zero-order valence-electron chi connectivity index (χ0n) is 14.7. The van der Waals surface area contributed by atoms with Crippen molar-refractivity contribution in [2.45, 2.75) is 12.8 Å². The number of amides is 2. The van der Waals surface area contributed by atoms with E-state index in [1.807, 2.05) is 0 Å². The van der Waals surface area contributed by atoms with Gasteiger partial charge in [0.2, 0.25) is 11.7 Å². The Balaban J connectivity index is 1.59. The fourth-order valence-electron chi connectivity index (χ4n) is 3.12. The number of hydrogen-bond acceptors (Lipinski definition) is 4. The van der Waals surface area contributed by atoms with Gasteiger partial charge in [0, 0.05) is 36.3 Å². The first-order valence-electron chi connectivity index (χ1n) is 8.65. The molecule has 0 aliphatic carbocycles. The largest absolute Gasteiger partial charge is 0.339 e. The molecule has 1 saturated heterocycles. The van der Waals surface area contributed by atoms with Crippen LogP contribution < -0.4 is 5.32 Å². The first kappa shape index (κ1) is 19.4. The molecule has 0 atom stereocenters. The van der Waals surface area contributed by atoms with Gasteiger partial charge in [0.05, 0.1) is 4.92 Å². The Morgan fingerprint density at radius 3 is 2.46 bits per heavy atom. The predicted octanol–water partition coefficient (Wildman–Crippen LogP) is 3.36. The number of benzene rings is 2. The molecule has 28 heavy (non-hydrogen) atoms. The van der Waals surface area contributed by atoms with E-state index in [4.69, 9.17) is 0 Å². The lowest BCUT2D eigenvalue weighted by atomic mass is 9.95. The first-order chi connectivity index (χ1) is 13.3. The zero-order chi connectivity index (χ0) is 20.3. The molecule has 0 unspecified atom stereocenters. The van der Waals surface area contributed by atoms with Crippen LogP contribution in [0.1, 0.15) is 23.2 Å². The van der Waals surface area contributed by atoms with Gasteiger partial charge < -0.3 is 10.2 Å². The fourth-order valence-corrected chi connectivity index (χ4v) is 3.12. The summed E-state index contributed by atoms with van der Waals surface area (Å²) in [6.45, 7) is 0.661. The quantitative estimate of drug-likeness (QED) is 0.641. The molecule has 1 aliphatic rings. The molecular weight excluding hydrogens is 372 g/mol. The highest BCUT2D eigenvalue weighted by Gasteiger charge is 2.28. The molecule has 1 N–H and O–H groups in total. The van der Waals surface area contributed by atoms with Crippen molar-refractivity contribution in [1.82, 2.24) is 4.90 Å². The molecular formula is C19H17F2N3O4. The summed E-state index contributed by atoms with van der Waals surface area (Å²) in [5.41, 5.74) is -0.328. The molecule has 2 amide bonds. The van der Waals surface area contributed by atoms with Crippen LogP contribution in [0.4, 0.5) is 20.2 Å². The number of nitrogens with one attached hydrogen (secondary N) is 1. The first-order valence-corrected chi connectivity index (χ1v) is 8.65. The van der Waals surface area contributed by atoms with Crippen molar-refractivity contribution in [3.8, 4) is 0 Å². The number of nitro benzene ring substituents is 1. The van der Waals surface area contributed by atoms with Crippen LogP contribution in [-0.4, -0.2) is 34.7 Å². The molecule has 1 aliphatic heterocycles. The van der Waals surface area contributed by atoms with E-state index in [-0.39, 0.29) is 29.0 Å². The molecule has 3 rings (SSSR count). The van der Waals surface area contributed by atoms with Crippen LogP contribution in [0.3, 0.4) is 0 Å². The highest BCUT2D eigenvalue weighted by Crippen LogP contribution is 2.24. The summed E-state index contributed by atoms with van der Waals surface area (Å²) in [7, 11) is 0. The molecule has 2 aromatic rings. The summed E-state index contributed by atoms with van der Waals surface area (Å²) >= 11 is 0. The number of rotatable bonds is 4. The van der Waals surface area contributed by atoms with E-state index in [2.05, 4.69) is 5.32 Å². The number of halogens is 2. The van der Waals surface area contributed by atoms with Gasteiger partial charge in [-0.1, -0.05) is 6.07 Å². The van der Waals surface area contributed by atoms with Gasteiger partial charge in [-0.15, -0.1) is 0 Å². The van der Waals surface area contributed by atoms with Crippen molar-refractivity contribution in [3.63, 3.8) is 0 Å². The lowest BCUT2D eigenvalue weighted by Gasteiger charge is -2.31. The van der Waals surface area contributed by atoms with Gasteiger partial charge in [-0.3, -0.25) is 19.7 Å². The van der Waals surface area contributed by atoms with E-state index in [1.54, 1.807) is 4.90 Å². The third kappa shape index (κ3) is 4.30. The third-order valence-electron chi connectivity index (χ3n) is 4.63. The molecule has 2 aromatic carbocycles. The number of piperidine rings is 1. The molecule has 0 radical (unpaired) electrons. The Morgan fingerprint density at radius 1 is 1.11 bits per heavy atom. The van der Waals surface area contributed by atoms with E-state index in [1.165, 1.54) is 30.3 Å². The summed E-state index contributed by atoms with van der Waals surface area (Å²) in [5.74, 6) is -2.51. The van der Waals surface area contributed by atoms with Crippen molar-refractivity contribution < 1.29 is 23.3 Å². The summed E-state index contributed by atoms with van der Waals surface area (Å²) in [4.78, 5) is 36.3. The summed E-state index contributed by atoms with van der Waals surface area (Å²) < 4.78 is 26.7. The zero-order valence-corrected chi connectivity index (χ0v) is 14.7. The van der Waals surface area contributed by atoms with Crippen LogP contribution in [-0.2, 0) is 4.79 Å². The van der Waals surface area contributed by atoms with Crippen molar-refractivity contribution >= 4 is 23.2 Å². The van der Waals surface area contributed by atoms with Crippen LogP contribution >= 0.6 is 0 Å². The predicted molar refractivity (Wildman–Crippen MR) is 96.7 cm³/mol. The fraction of sp³-hybridized carbons (Fsp3) is 0.263. The molecule has 1 fully saturated rings. The number of carbonyl (C=O) groups excluding carboxylic acids is 2. The Hall–Kier alpha value is -3.36. The molecule has 0 spiro atoms. The molecule has 7 nitrogen and oxygen atoms in total. The van der Waals surface area contributed by atoms with Crippen molar-refractivity contribution in [2.24, 2.45) is 5.92 Å². The SMILES string of the molecule is O=C(Nc1ccc(F)c([N+](=O)[O-])c1)C1CCN(C(=O)c2cccc(F)c2)CC1. The molecule has 0 bridgehead atoms. The normalized spacial score (nSPS) is 14.6. The van der Waals surface area contributed by atoms with Gasteiger partial charge in [-0.05, 0) is 43.2 Å². The third-order valence-corrected chi connectivity index (χ3v) is 4.63. The van der Waals surface area contributed by atoms with E-state index in [0.717, 1.165) is 12.1 Å². The summed E-state index contributed by atoms with van der Waals surface area (Å²) in [6, 6.07) is 8.57. The highest BCUT2D eigenvalue weighted by atomic mass is 19.1. The van der Waals surface area contributed by atoms with Crippen LogP contribution in [0.15, 0.2) is 42.5 Å². The number of nitro groups is 1. The maximum atomic E-state index is 13.4. The molecule has 0 saturated carbocycles. The second-order valence-electron chi connectivity index (χ2n) is 6.49. The smallest absolute Gasteiger partial charge is 0.306 e. The van der Waals surface area contributed by atoms with Gasteiger partial charge in [0.15, 0.2) is 0 Å². The Labute approximate surface area is 159 Å². The lowest BCUT2D eigenvalue weighted by molar-refractivity contribution is -0.387. The van der Waals surface area contributed by atoms with Crippen LogP contribution in [0.5, 0.6) is 0 Å². The molecule has 0 aromatic heterocycles. The summed E-state index contributed by atoms with van der Waals surface area (Å²) in [5, 5.41) is 13.3. The number of nitrogens with zero attached hydrogens (tertiary/aromatic N) is 2. The number of hydrogen-bond donors (Lipinski definition) is 1. The number of likely N-dealkylation sites (tertiary alicyclic amines) is 1. The average Bonchev–Trinajstić information content (AvgIpc) is 2.68.